The normalized spacial score (nSPS) is 18.0. The summed E-state index contributed by atoms with van der Waals surface area (Å²) in [6.45, 7) is 4.86. The van der Waals surface area contributed by atoms with Gasteiger partial charge in [-0.15, -0.1) is 4.52 Å². The number of nitrogens with zero attached hydrogens (tertiary/aromatic N) is 1. The Morgan fingerprint density at radius 1 is 0.573 bits per heavy atom. The molecule has 13 amide bonds. The number of nitrogens with one attached hydrogen (secondary N) is 8. The molecule has 1 rings (SSSR count). The zero-order valence-corrected chi connectivity index (χ0v) is 46.6. The number of primary amides is 4. The maximum absolute atomic E-state index is 14.4. The van der Waals surface area contributed by atoms with E-state index in [2.05, 4.69) is 43.0 Å². The molecule has 0 unspecified atom stereocenters. The van der Waals surface area contributed by atoms with E-state index in [0.29, 0.717) is 0 Å². The van der Waals surface area contributed by atoms with Crippen molar-refractivity contribution in [3.8, 4) is 0 Å². The number of nitrogens with two attached hydrogens (primary N) is 4. The fourth-order valence-electron chi connectivity index (χ4n) is 7.95. The molecule has 0 spiro atoms. The van der Waals surface area contributed by atoms with Crippen molar-refractivity contribution < 1.29 is 112 Å². The molecule has 26 N–H and O–H groups in total. The fourth-order valence-corrected chi connectivity index (χ4v) is 8.52. The Labute approximate surface area is 469 Å². The number of quaternary nitrogens is 1. The second kappa shape index (κ2) is 34.2. The van der Waals surface area contributed by atoms with Crippen molar-refractivity contribution in [1.82, 2.24) is 47.4 Å². The smallest absolute Gasteiger partial charge is 0.480 e. The quantitative estimate of drug-likeness (QED) is 0.0257. The van der Waals surface area contributed by atoms with E-state index in [1.54, 1.807) is 6.92 Å². The van der Waals surface area contributed by atoms with Crippen LogP contribution >= 0.6 is 8.17 Å². The molecule has 1 fully saturated rings. The summed E-state index contributed by atoms with van der Waals surface area (Å²) in [4.78, 5) is 212. The summed E-state index contributed by atoms with van der Waals surface area (Å²) in [6.07, 6.45) is -9.17. The summed E-state index contributed by atoms with van der Waals surface area (Å²) in [7, 11) is -5.18. The minimum Gasteiger partial charge on any atom is -0.480 e. The number of aliphatic carboxylic acids is 1. The first kappa shape index (κ1) is 72.7. The molecule has 1 aliphatic heterocycles. The van der Waals surface area contributed by atoms with Gasteiger partial charge in [-0.2, -0.15) is 14.7 Å². The molecule has 0 bridgehead atoms. The number of carboxylic acids is 1. The van der Waals surface area contributed by atoms with Crippen LogP contribution in [0.25, 0.3) is 0 Å². The Kier molecular flexibility index (Phi) is 30.3. The summed E-state index contributed by atoms with van der Waals surface area (Å²) < 4.78 is 4.83. The number of carbonyl (C=O) groups is 14. The second-order valence-electron chi connectivity index (χ2n) is 19.5. The van der Waals surface area contributed by atoms with Crippen LogP contribution in [0.1, 0.15) is 98.8 Å². The van der Waals surface area contributed by atoms with Gasteiger partial charge in [0, 0.05) is 25.8 Å². The lowest BCUT2D eigenvalue weighted by Gasteiger charge is -2.32. The molecule has 0 aromatic heterocycles. The maximum atomic E-state index is 14.4. The van der Waals surface area contributed by atoms with Gasteiger partial charge in [0.25, 0.3) is 5.91 Å². The molecule has 14 atom stereocenters. The van der Waals surface area contributed by atoms with E-state index in [1.165, 1.54) is 6.92 Å². The molecular formula is C45H79N14O22P+2. The van der Waals surface area contributed by atoms with E-state index in [-0.39, 0.29) is 25.8 Å². The van der Waals surface area contributed by atoms with Crippen molar-refractivity contribution in [3.05, 3.63) is 0 Å². The number of carbonyl (C=O) groups excluding carboxylic acids is 13. The van der Waals surface area contributed by atoms with Gasteiger partial charge in [-0.05, 0) is 58.8 Å². The molecule has 0 saturated carbocycles. The lowest BCUT2D eigenvalue weighted by Crippen LogP contribution is -2.70. The van der Waals surface area contributed by atoms with E-state index in [1.807, 2.05) is 5.32 Å². The van der Waals surface area contributed by atoms with E-state index < -0.39 is 227 Å². The highest BCUT2D eigenvalue weighted by Crippen LogP contribution is 2.47. The molecule has 36 nitrogen and oxygen atoms in total. The van der Waals surface area contributed by atoms with Crippen LogP contribution in [0, 0.1) is 5.92 Å². The SMILES string of the molecule is CC[C@H](C)[C@H](NC(=O)[C@@H]([NH3+])CC(N)=O)C(=O)N[C@H](C(=O)N[C@@H](CCC(N)=O)C(=O)N1CCC[C@H]1C(=O)N[C@H](C(=O)N[C@@H](CCC(N)=O)C(=O)N[C@@H](CCC(N)=O)C(=O)N[C@@H](CO)C(=O)N[C@H](C(=O)O)[C@@H](C)O)[C@@H](C)O)[C@@H](C)O[P+](O)(O)O. The van der Waals surface area contributed by atoms with Gasteiger partial charge in [-0.25, -0.2) is 4.79 Å². The minimum atomic E-state index is -5.18. The van der Waals surface area contributed by atoms with Crippen LogP contribution in [0.3, 0.4) is 0 Å². The first-order valence-corrected chi connectivity index (χ1v) is 27.2. The number of hydrogen-bond donors (Lipinski definition) is 20. The Morgan fingerprint density at radius 3 is 1.43 bits per heavy atom. The van der Waals surface area contributed by atoms with Crippen molar-refractivity contribution in [2.24, 2.45) is 28.9 Å². The van der Waals surface area contributed by atoms with Crippen molar-refractivity contribution in [2.45, 2.75) is 178 Å². The minimum absolute atomic E-state index is 0.0926. The Hall–Kier alpha value is -7.31. The monoisotopic (exact) mass is 1200 g/mol. The van der Waals surface area contributed by atoms with E-state index in [0.717, 1.165) is 25.7 Å². The van der Waals surface area contributed by atoms with Crippen LogP contribution < -0.4 is 71.2 Å². The summed E-state index contributed by atoms with van der Waals surface area (Å²) in [6, 6.07) is -17.5. The van der Waals surface area contributed by atoms with Crippen LogP contribution in [0.5, 0.6) is 0 Å². The van der Waals surface area contributed by atoms with Crippen LogP contribution in [-0.4, -0.2) is 215 Å². The van der Waals surface area contributed by atoms with Crippen molar-refractivity contribution >= 4 is 90.9 Å². The largest absolute Gasteiger partial charge is 0.567 e. The predicted molar refractivity (Wildman–Crippen MR) is 278 cm³/mol. The number of carboxylic acid groups (broad SMARTS) is 1. The zero-order valence-electron chi connectivity index (χ0n) is 45.7. The van der Waals surface area contributed by atoms with E-state index in [4.69, 9.17) is 27.5 Å². The predicted octanol–water partition coefficient (Wildman–Crippen LogP) is -10.9. The summed E-state index contributed by atoms with van der Waals surface area (Å²) in [5.41, 5.74) is 24.7. The lowest BCUT2D eigenvalue weighted by molar-refractivity contribution is -0.402. The highest BCUT2D eigenvalue weighted by Gasteiger charge is 2.45. The highest BCUT2D eigenvalue weighted by atomic mass is 31.2. The summed E-state index contributed by atoms with van der Waals surface area (Å²) >= 11 is 0. The van der Waals surface area contributed by atoms with Gasteiger partial charge in [0.15, 0.2) is 12.1 Å². The topological polar surface area (TPSA) is 621 Å². The standard InChI is InChI=1S/C45H77N14O22P/c1-6-18(2)32(55-36(67)22(46)16-31(50)66)41(72)58-35(21(5)81-82(78,79)80)43(74)53-25(11-14-30(49)65)44(75)59-15-7-8-27(59)40(71)56-33(19(3)61)42(73)52-24(10-13-29(48)64)37(68)51-23(9-12-28(47)63)38(69)54-26(17-60)39(70)57-34(20(4)62)45(76)77/h18-27,32-35,60-62,78-80H,6-17,46H2,1-5H3,(H16-,47,48,49,50,51,52,53,54,55,56,57,58,63,64,65,66,67,68,69,70,71,72,73,74,76,77)/p+2/t18-,19+,20+,21+,22-,23-,24-,25-,26-,27-,32-,33-,34-,35-/m0/s1. The zero-order chi connectivity index (χ0) is 63.1. The molecule has 82 heavy (non-hydrogen) atoms. The number of aliphatic hydroxyl groups excluding tert-OH is 3. The van der Waals surface area contributed by atoms with Crippen LogP contribution in [0.4, 0.5) is 0 Å². The molecule has 464 valence electrons. The molecule has 37 heteroatoms. The third kappa shape index (κ3) is 24.8. The first-order chi connectivity index (χ1) is 38.0. The van der Waals surface area contributed by atoms with Gasteiger partial charge in [-0.3, -0.25) is 62.3 Å². The van der Waals surface area contributed by atoms with E-state index >= 15 is 0 Å². The summed E-state index contributed by atoms with van der Waals surface area (Å²) in [5.74, 6) is -16.9. The Balaban J connectivity index is 3.58. The van der Waals surface area contributed by atoms with Gasteiger partial charge in [-0.1, -0.05) is 20.3 Å². The summed E-state index contributed by atoms with van der Waals surface area (Å²) in [5, 5.41) is 57.4. The van der Waals surface area contributed by atoms with Crippen molar-refractivity contribution in [1.29, 1.82) is 0 Å². The van der Waals surface area contributed by atoms with Gasteiger partial charge < -0.3 is 96.5 Å². The molecular weight excluding hydrogens is 1120 g/mol. The third-order valence-corrected chi connectivity index (χ3v) is 13.3. The lowest BCUT2D eigenvalue weighted by atomic mass is 9.97. The van der Waals surface area contributed by atoms with Gasteiger partial charge in [0.2, 0.25) is 70.9 Å². The molecule has 0 aliphatic carbocycles. The van der Waals surface area contributed by atoms with Gasteiger partial charge in [0.05, 0.1) is 25.2 Å². The van der Waals surface area contributed by atoms with Gasteiger partial charge in [0.1, 0.15) is 54.4 Å². The number of hydrogen-bond acceptors (Lipinski definition) is 21. The van der Waals surface area contributed by atoms with Crippen LogP contribution in [-0.2, 0) is 71.6 Å². The molecule has 0 radical (unpaired) electrons. The molecule has 1 heterocycles. The second-order valence-corrected chi connectivity index (χ2v) is 20.7. The van der Waals surface area contributed by atoms with Crippen LogP contribution in [0.2, 0.25) is 0 Å². The average molecular weight is 1200 g/mol. The highest BCUT2D eigenvalue weighted by molar-refractivity contribution is 7.53. The maximum Gasteiger partial charge on any atom is 0.567 e. The number of amides is 13. The number of rotatable bonds is 37. The van der Waals surface area contributed by atoms with E-state index in [9.17, 15) is 102 Å². The van der Waals surface area contributed by atoms with Crippen molar-refractivity contribution in [2.75, 3.05) is 13.2 Å². The molecule has 0 aromatic rings. The Bertz CT molecular complexity index is 2330. The molecule has 0 aromatic carbocycles. The average Bonchev–Trinajstić information content (AvgIpc) is 3.89. The Morgan fingerprint density at radius 2 is 0.988 bits per heavy atom. The number of aliphatic hydroxyl groups is 3. The van der Waals surface area contributed by atoms with Crippen LogP contribution in [0.15, 0.2) is 0 Å². The fraction of sp³-hybridized carbons (Fsp3) is 0.689. The van der Waals surface area contributed by atoms with Crippen molar-refractivity contribution in [3.63, 3.8) is 0 Å². The van der Waals surface area contributed by atoms with Gasteiger partial charge >= 0.3 is 14.1 Å². The first-order valence-electron chi connectivity index (χ1n) is 25.6. The number of likely N-dealkylation sites (tertiary alicyclic amines) is 1. The molecule has 1 aliphatic rings. The molecule has 1 saturated heterocycles. The third-order valence-electron chi connectivity index (χ3n) is 12.7.